The Kier molecular flexibility index (Phi) is 4.91. The molecule has 2 nitrogen and oxygen atoms in total. The lowest BCUT2D eigenvalue weighted by Crippen LogP contribution is -2.12. The Balaban J connectivity index is 1.96. The number of aryl methyl sites for hydroxylation is 1. The SMILES string of the molecule is CCCOc1cc(C)ccc1NCC1CCCC1. The second kappa shape index (κ2) is 6.67. The predicted octanol–water partition coefficient (Wildman–Crippen LogP) is 4.39. The van der Waals surface area contributed by atoms with Gasteiger partial charge in [-0.15, -0.1) is 0 Å². The largest absolute Gasteiger partial charge is 0.491 e. The van der Waals surface area contributed by atoms with E-state index in [1.54, 1.807) is 0 Å². The van der Waals surface area contributed by atoms with E-state index in [4.69, 9.17) is 4.74 Å². The van der Waals surface area contributed by atoms with Gasteiger partial charge in [-0.2, -0.15) is 0 Å². The third-order valence-corrected chi connectivity index (χ3v) is 3.65. The second-order valence-corrected chi connectivity index (χ2v) is 5.38. The van der Waals surface area contributed by atoms with E-state index in [1.165, 1.54) is 31.2 Å². The third kappa shape index (κ3) is 3.66. The molecule has 0 heterocycles. The van der Waals surface area contributed by atoms with Gasteiger partial charge in [-0.25, -0.2) is 0 Å². The molecule has 1 fully saturated rings. The molecule has 0 unspecified atom stereocenters. The minimum absolute atomic E-state index is 0.793. The molecule has 0 bridgehead atoms. The van der Waals surface area contributed by atoms with Crippen LogP contribution >= 0.6 is 0 Å². The van der Waals surface area contributed by atoms with Crippen LogP contribution in [0.3, 0.4) is 0 Å². The molecule has 100 valence electrons. The van der Waals surface area contributed by atoms with Crippen molar-refractivity contribution in [2.24, 2.45) is 5.92 Å². The molecular weight excluding hydrogens is 222 g/mol. The van der Waals surface area contributed by atoms with Crippen LogP contribution in [0.4, 0.5) is 5.69 Å². The Morgan fingerprint density at radius 3 is 2.78 bits per heavy atom. The summed E-state index contributed by atoms with van der Waals surface area (Å²) in [6, 6.07) is 6.43. The van der Waals surface area contributed by atoms with Gasteiger partial charge in [-0.3, -0.25) is 0 Å². The molecule has 2 heteroatoms. The Morgan fingerprint density at radius 2 is 2.06 bits per heavy atom. The standard InChI is InChI=1S/C16H25NO/c1-3-10-18-16-11-13(2)8-9-15(16)17-12-14-6-4-5-7-14/h8-9,11,14,17H,3-7,10,12H2,1-2H3. The van der Waals surface area contributed by atoms with Crippen LogP contribution in [0.25, 0.3) is 0 Å². The fourth-order valence-corrected chi connectivity index (χ4v) is 2.58. The highest BCUT2D eigenvalue weighted by Crippen LogP contribution is 2.29. The Hall–Kier alpha value is -1.18. The van der Waals surface area contributed by atoms with Gasteiger partial charge < -0.3 is 10.1 Å². The fraction of sp³-hybridized carbons (Fsp3) is 0.625. The highest BCUT2D eigenvalue weighted by atomic mass is 16.5. The molecule has 1 saturated carbocycles. The van der Waals surface area contributed by atoms with Crippen molar-refractivity contribution in [3.8, 4) is 5.75 Å². The van der Waals surface area contributed by atoms with Gasteiger partial charge in [0, 0.05) is 6.54 Å². The van der Waals surface area contributed by atoms with Crippen molar-refractivity contribution in [3.63, 3.8) is 0 Å². The lowest BCUT2D eigenvalue weighted by Gasteiger charge is -2.16. The maximum atomic E-state index is 5.82. The van der Waals surface area contributed by atoms with E-state index in [0.29, 0.717) is 0 Å². The highest BCUT2D eigenvalue weighted by Gasteiger charge is 2.15. The first kappa shape index (κ1) is 13.3. The number of anilines is 1. The predicted molar refractivity (Wildman–Crippen MR) is 77.4 cm³/mol. The lowest BCUT2D eigenvalue weighted by atomic mass is 10.1. The zero-order chi connectivity index (χ0) is 12.8. The summed E-state index contributed by atoms with van der Waals surface area (Å²) < 4.78 is 5.82. The van der Waals surface area contributed by atoms with Crippen molar-refractivity contribution in [2.45, 2.75) is 46.0 Å². The number of hydrogen-bond donors (Lipinski definition) is 1. The highest BCUT2D eigenvalue weighted by molar-refractivity contribution is 5.57. The Bertz CT molecular complexity index is 369. The minimum atomic E-state index is 0.793. The molecule has 1 aromatic rings. The van der Waals surface area contributed by atoms with Crippen molar-refractivity contribution in [2.75, 3.05) is 18.5 Å². The maximum Gasteiger partial charge on any atom is 0.142 e. The zero-order valence-electron chi connectivity index (χ0n) is 11.7. The summed E-state index contributed by atoms with van der Waals surface area (Å²) in [5, 5.41) is 3.57. The first-order valence-corrected chi connectivity index (χ1v) is 7.27. The number of ether oxygens (including phenoxy) is 1. The number of nitrogens with one attached hydrogen (secondary N) is 1. The molecule has 0 amide bonds. The van der Waals surface area contributed by atoms with Gasteiger partial charge in [0.2, 0.25) is 0 Å². The van der Waals surface area contributed by atoms with Crippen molar-refractivity contribution in [1.82, 2.24) is 0 Å². The smallest absolute Gasteiger partial charge is 0.142 e. The molecule has 1 N–H and O–H groups in total. The van der Waals surface area contributed by atoms with E-state index in [-0.39, 0.29) is 0 Å². The van der Waals surface area contributed by atoms with Gasteiger partial charge >= 0.3 is 0 Å². The average molecular weight is 247 g/mol. The molecule has 0 aliphatic heterocycles. The van der Waals surface area contributed by atoms with Crippen LogP contribution in [0.5, 0.6) is 5.75 Å². The first-order valence-electron chi connectivity index (χ1n) is 7.27. The van der Waals surface area contributed by atoms with Crippen LogP contribution in [0, 0.1) is 12.8 Å². The first-order chi connectivity index (χ1) is 8.79. The van der Waals surface area contributed by atoms with E-state index < -0.39 is 0 Å². The summed E-state index contributed by atoms with van der Waals surface area (Å²) in [5.41, 5.74) is 2.41. The molecule has 1 aliphatic carbocycles. The third-order valence-electron chi connectivity index (χ3n) is 3.65. The van der Waals surface area contributed by atoms with Crippen LogP contribution < -0.4 is 10.1 Å². The maximum absolute atomic E-state index is 5.82. The van der Waals surface area contributed by atoms with E-state index in [2.05, 4.69) is 37.4 Å². The topological polar surface area (TPSA) is 21.3 Å². The molecule has 0 aromatic heterocycles. The number of hydrogen-bond acceptors (Lipinski definition) is 2. The van der Waals surface area contributed by atoms with Gasteiger partial charge in [0.05, 0.1) is 12.3 Å². The molecule has 18 heavy (non-hydrogen) atoms. The van der Waals surface area contributed by atoms with E-state index in [9.17, 15) is 0 Å². The average Bonchev–Trinajstić information content (AvgIpc) is 2.88. The molecule has 0 radical (unpaired) electrons. The summed E-state index contributed by atoms with van der Waals surface area (Å²) >= 11 is 0. The van der Waals surface area contributed by atoms with Gasteiger partial charge in [0.1, 0.15) is 5.75 Å². The summed E-state index contributed by atoms with van der Waals surface area (Å²) in [7, 11) is 0. The normalized spacial score (nSPS) is 15.9. The van der Waals surface area contributed by atoms with Crippen molar-refractivity contribution in [1.29, 1.82) is 0 Å². The molecule has 2 rings (SSSR count). The number of benzene rings is 1. The minimum Gasteiger partial charge on any atom is -0.491 e. The van der Waals surface area contributed by atoms with Crippen molar-refractivity contribution < 1.29 is 4.74 Å². The molecule has 1 aromatic carbocycles. The summed E-state index contributed by atoms with van der Waals surface area (Å²) in [5.74, 6) is 1.86. The van der Waals surface area contributed by atoms with Crippen molar-refractivity contribution >= 4 is 5.69 Å². The summed E-state index contributed by atoms with van der Waals surface area (Å²) in [6.45, 7) is 6.13. The van der Waals surface area contributed by atoms with E-state index in [0.717, 1.165) is 36.9 Å². The zero-order valence-corrected chi connectivity index (χ0v) is 11.7. The molecule has 0 spiro atoms. The molecule has 1 aliphatic rings. The van der Waals surface area contributed by atoms with Crippen LogP contribution in [-0.4, -0.2) is 13.2 Å². The number of rotatable bonds is 6. The van der Waals surface area contributed by atoms with Gasteiger partial charge in [-0.1, -0.05) is 25.8 Å². The second-order valence-electron chi connectivity index (χ2n) is 5.38. The molecule has 0 atom stereocenters. The monoisotopic (exact) mass is 247 g/mol. The van der Waals surface area contributed by atoms with Crippen LogP contribution in [0.2, 0.25) is 0 Å². The fourth-order valence-electron chi connectivity index (χ4n) is 2.58. The Labute approximate surface area is 111 Å². The van der Waals surface area contributed by atoms with Gasteiger partial charge in [0.25, 0.3) is 0 Å². The van der Waals surface area contributed by atoms with E-state index in [1.807, 2.05) is 0 Å². The molecule has 0 saturated heterocycles. The Morgan fingerprint density at radius 1 is 1.28 bits per heavy atom. The van der Waals surface area contributed by atoms with E-state index >= 15 is 0 Å². The van der Waals surface area contributed by atoms with Crippen LogP contribution in [0.15, 0.2) is 18.2 Å². The summed E-state index contributed by atoms with van der Waals surface area (Å²) in [6.07, 6.45) is 6.61. The lowest BCUT2D eigenvalue weighted by molar-refractivity contribution is 0.318. The quantitative estimate of drug-likeness (QED) is 0.805. The molecular formula is C16H25NO. The van der Waals surface area contributed by atoms with Crippen LogP contribution in [0.1, 0.15) is 44.6 Å². The van der Waals surface area contributed by atoms with Gasteiger partial charge in [-0.05, 0) is 49.8 Å². The van der Waals surface area contributed by atoms with Crippen molar-refractivity contribution in [3.05, 3.63) is 23.8 Å². The van der Waals surface area contributed by atoms with Gasteiger partial charge in [0.15, 0.2) is 0 Å². The summed E-state index contributed by atoms with van der Waals surface area (Å²) in [4.78, 5) is 0. The van der Waals surface area contributed by atoms with Crippen LogP contribution in [-0.2, 0) is 0 Å².